The monoisotopic (exact) mass is 483 g/mol. The molecular weight excluding hydrogens is 467 g/mol. The molecule has 0 radical (unpaired) electrons. The first-order valence-electron chi connectivity index (χ1n) is 9.34. The summed E-state index contributed by atoms with van der Waals surface area (Å²) in [6.07, 6.45) is -4.52. The zero-order valence-electron chi connectivity index (χ0n) is 16.8. The summed E-state index contributed by atoms with van der Waals surface area (Å²) in [6.45, 7) is 1.76. The van der Waals surface area contributed by atoms with Crippen LogP contribution in [0.2, 0.25) is 5.02 Å². The van der Waals surface area contributed by atoms with E-state index < -0.39 is 28.9 Å². The summed E-state index contributed by atoms with van der Waals surface area (Å²) in [5, 5.41) is 10.7. The quantitative estimate of drug-likeness (QED) is 0.561. The number of nitrogens with zero attached hydrogens (tertiary/aromatic N) is 3. The van der Waals surface area contributed by atoms with Gasteiger partial charge in [-0.2, -0.15) is 13.2 Å². The first-order valence-corrected chi connectivity index (χ1v) is 10.6. The van der Waals surface area contributed by atoms with Crippen LogP contribution in [0.3, 0.4) is 0 Å². The standard InChI is InChI=1S/C20H17ClF3N5O2S/c1-10-26-27-19-29(10)28-16(11-6-7-15(31-2)14(21)8-11)17(32-19)18(30)25-13-5-3-4-12(9-13)20(22,23)24/h3-9,16-17,28H,1-2H3,(H,25,30)/t16-,17+/m1/s1. The molecule has 7 nitrogen and oxygen atoms in total. The van der Waals surface area contributed by atoms with E-state index in [-0.39, 0.29) is 5.69 Å². The van der Waals surface area contributed by atoms with Crippen LogP contribution in [0.15, 0.2) is 47.6 Å². The molecule has 0 unspecified atom stereocenters. The van der Waals surface area contributed by atoms with Crippen LogP contribution >= 0.6 is 23.4 Å². The number of fused-ring (bicyclic) bond motifs is 1. The van der Waals surface area contributed by atoms with Crippen molar-refractivity contribution in [1.82, 2.24) is 14.9 Å². The Labute approximate surface area is 190 Å². The van der Waals surface area contributed by atoms with Gasteiger partial charge in [0.1, 0.15) is 16.8 Å². The highest BCUT2D eigenvalue weighted by Gasteiger charge is 2.38. The van der Waals surface area contributed by atoms with Crippen LogP contribution in [0.5, 0.6) is 5.75 Å². The second-order valence-electron chi connectivity index (χ2n) is 6.97. The van der Waals surface area contributed by atoms with Gasteiger partial charge in [0, 0.05) is 5.69 Å². The van der Waals surface area contributed by atoms with E-state index >= 15 is 0 Å². The molecule has 2 atom stereocenters. The van der Waals surface area contributed by atoms with E-state index in [1.165, 1.54) is 19.2 Å². The minimum atomic E-state index is -4.52. The number of nitrogens with one attached hydrogen (secondary N) is 2. The van der Waals surface area contributed by atoms with Crippen LogP contribution in [0.25, 0.3) is 0 Å². The van der Waals surface area contributed by atoms with Gasteiger partial charge in [0.15, 0.2) is 0 Å². The fraction of sp³-hybridized carbons (Fsp3) is 0.250. The molecule has 0 saturated heterocycles. The Balaban J connectivity index is 1.66. The average Bonchev–Trinajstić information content (AvgIpc) is 3.12. The first kappa shape index (κ1) is 22.3. The smallest absolute Gasteiger partial charge is 0.416 e. The van der Waals surface area contributed by atoms with Crippen molar-refractivity contribution in [3.05, 3.63) is 64.4 Å². The largest absolute Gasteiger partial charge is 0.495 e. The Hall–Kier alpha value is -2.92. The molecule has 1 aliphatic rings. The fourth-order valence-electron chi connectivity index (χ4n) is 3.27. The molecule has 168 valence electrons. The Morgan fingerprint density at radius 2 is 2.03 bits per heavy atom. The molecule has 0 bridgehead atoms. The molecule has 0 fully saturated rings. The lowest BCUT2D eigenvalue weighted by Crippen LogP contribution is -2.41. The maximum absolute atomic E-state index is 13.2. The van der Waals surface area contributed by atoms with E-state index in [1.54, 1.807) is 29.8 Å². The summed E-state index contributed by atoms with van der Waals surface area (Å²) in [7, 11) is 1.49. The normalized spacial score (nSPS) is 17.9. The topological polar surface area (TPSA) is 81.1 Å². The second-order valence-corrected chi connectivity index (χ2v) is 8.49. The molecule has 4 rings (SSSR count). The number of benzene rings is 2. The van der Waals surface area contributed by atoms with Crippen molar-refractivity contribution in [3.63, 3.8) is 0 Å². The number of hydrogen-bond acceptors (Lipinski definition) is 6. The lowest BCUT2D eigenvalue weighted by molar-refractivity contribution is -0.137. The van der Waals surface area contributed by atoms with Crippen LogP contribution in [0.4, 0.5) is 18.9 Å². The first-order chi connectivity index (χ1) is 15.2. The molecule has 0 spiro atoms. The van der Waals surface area contributed by atoms with E-state index in [9.17, 15) is 18.0 Å². The molecule has 2 heterocycles. The van der Waals surface area contributed by atoms with Gasteiger partial charge in [-0.1, -0.05) is 35.5 Å². The Bertz CT molecular complexity index is 1170. The molecule has 2 N–H and O–H groups in total. The van der Waals surface area contributed by atoms with Gasteiger partial charge in [-0.25, -0.2) is 4.68 Å². The van der Waals surface area contributed by atoms with E-state index in [2.05, 4.69) is 20.9 Å². The summed E-state index contributed by atoms with van der Waals surface area (Å²) < 4.78 is 46.0. The molecule has 2 aromatic carbocycles. The van der Waals surface area contributed by atoms with Gasteiger partial charge in [-0.3, -0.25) is 4.79 Å². The number of anilines is 1. The SMILES string of the molecule is COc1ccc([C@H]2Nn3c(C)nnc3S[C@@H]2C(=O)Nc2cccc(C(F)(F)F)c2)cc1Cl. The van der Waals surface area contributed by atoms with E-state index in [1.807, 2.05) is 0 Å². The average molecular weight is 484 g/mol. The third-order valence-corrected chi connectivity index (χ3v) is 6.36. The molecule has 0 saturated carbocycles. The lowest BCUT2D eigenvalue weighted by Gasteiger charge is -2.33. The van der Waals surface area contributed by atoms with E-state index in [0.29, 0.717) is 27.3 Å². The zero-order chi connectivity index (χ0) is 23.0. The Morgan fingerprint density at radius 1 is 1.25 bits per heavy atom. The van der Waals surface area contributed by atoms with Crippen LogP contribution in [0.1, 0.15) is 23.0 Å². The minimum Gasteiger partial charge on any atom is -0.495 e. The number of hydrogen-bond donors (Lipinski definition) is 2. The minimum absolute atomic E-state index is 0.0418. The van der Waals surface area contributed by atoms with Gasteiger partial charge >= 0.3 is 6.18 Å². The van der Waals surface area contributed by atoms with Gasteiger partial charge in [0.05, 0.1) is 23.7 Å². The Kier molecular flexibility index (Phi) is 5.95. The predicted molar refractivity (Wildman–Crippen MR) is 115 cm³/mol. The summed E-state index contributed by atoms with van der Waals surface area (Å²) in [6, 6.07) is 9.03. The number of aryl methyl sites for hydroxylation is 1. The number of ether oxygens (including phenoxy) is 1. The summed E-state index contributed by atoms with van der Waals surface area (Å²) in [4.78, 5) is 13.2. The maximum Gasteiger partial charge on any atom is 0.416 e. The molecule has 32 heavy (non-hydrogen) atoms. The predicted octanol–water partition coefficient (Wildman–Crippen LogP) is 4.67. The van der Waals surface area contributed by atoms with Crippen LogP contribution in [0, 0.1) is 6.92 Å². The van der Waals surface area contributed by atoms with E-state index in [4.69, 9.17) is 16.3 Å². The van der Waals surface area contributed by atoms with Crippen molar-refractivity contribution in [2.45, 2.75) is 29.5 Å². The summed E-state index contributed by atoms with van der Waals surface area (Å²) in [5.41, 5.74) is 3.09. The van der Waals surface area contributed by atoms with Crippen LogP contribution in [-0.4, -0.2) is 33.1 Å². The van der Waals surface area contributed by atoms with E-state index in [0.717, 1.165) is 23.9 Å². The maximum atomic E-state index is 13.2. The lowest BCUT2D eigenvalue weighted by atomic mass is 10.0. The third kappa shape index (κ3) is 4.35. The summed E-state index contributed by atoms with van der Waals surface area (Å²) >= 11 is 7.43. The number of amides is 1. The Morgan fingerprint density at radius 3 is 2.72 bits per heavy atom. The molecule has 1 aromatic heterocycles. The van der Waals surface area contributed by atoms with Gasteiger partial charge < -0.3 is 15.5 Å². The second kappa shape index (κ2) is 8.55. The number of thioether (sulfide) groups is 1. The van der Waals surface area contributed by atoms with Crippen LogP contribution in [-0.2, 0) is 11.0 Å². The molecule has 12 heteroatoms. The number of halogens is 4. The van der Waals surface area contributed by atoms with Crippen LogP contribution < -0.4 is 15.5 Å². The van der Waals surface area contributed by atoms with Crippen molar-refractivity contribution < 1.29 is 22.7 Å². The highest BCUT2D eigenvalue weighted by atomic mass is 35.5. The molecule has 0 aliphatic carbocycles. The number of aromatic nitrogens is 3. The highest BCUT2D eigenvalue weighted by molar-refractivity contribution is 8.00. The molecule has 3 aromatic rings. The number of carbonyl (C=O) groups excluding carboxylic acids is 1. The molecule has 1 aliphatic heterocycles. The fourth-order valence-corrected chi connectivity index (χ4v) is 4.66. The third-order valence-electron chi connectivity index (χ3n) is 4.85. The number of methoxy groups -OCH3 is 1. The number of alkyl halides is 3. The highest BCUT2D eigenvalue weighted by Crippen LogP contribution is 2.39. The van der Waals surface area contributed by atoms with Crippen molar-refractivity contribution in [2.24, 2.45) is 0 Å². The summed E-state index contributed by atoms with van der Waals surface area (Å²) in [5.74, 6) is 0.574. The van der Waals surface area contributed by atoms with Gasteiger partial charge in [-0.15, -0.1) is 10.2 Å². The zero-order valence-corrected chi connectivity index (χ0v) is 18.3. The van der Waals surface area contributed by atoms with Gasteiger partial charge in [0.25, 0.3) is 0 Å². The number of carbonyl (C=O) groups is 1. The molecule has 1 amide bonds. The van der Waals surface area contributed by atoms with Crippen molar-refractivity contribution in [1.29, 1.82) is 0 Å². The number of rotatable bonds is 4. The van der Waals surface area contributed by atoms with Crippen molar-refractivity contribution in [2.75, 3.05) is 17.9 Å². The molecular formula is C20H17ClF3N5O2S. The van der Waals surface area contributed by atoms with Crippen molar-refractivity contribution >= 4 is 35.0 Å². The van der Waals surface area contributed by atoms with Crippen molar-refractivity contribution in [3.8, 4) is 5.75 Å². The van der Waals surface area contributed by atoms with Gasteiger partial charge in [0.2, 0.25) is 11.1 Å². The van der Waals surface area contributed by atoms with Gasteiger partial charge in [-0.05, 0) is 42.8 Å².